The second-order valence-electron chi connectivity index (χ2n) is 16.5. The van der Waals surface area contributed by atoms with Crippen molar-refractivity contribution in [1.29, 1.82) is 0 Å². The Balaban J connectivity index is 0.00000186. The molecular weight excluding hydrogens is 850 g/mol. The van der Waals surface area contributed by atoms with Crippen LogP contribution in [0.4, 0.5) is 0 Å². The SMILES string of the molecule is C1=C(C2CCCC2)[CH]([Hf+2]2([CH]3C(C4CCCC4)=Cc4c(-c5cccc6ccccc56)cccc43)[CH2][CH2]2)c2cccc(-c3cccc4ccccc34)c21.[Cl-].[Cl-]. The first-order valence-corrected chi connectivity index (χ1v) is 29.2. The van der Waals surface area contributed by atoms with Gasteiger partial charge in [0.05, 0.1) is 0 Å². The van der Waals surface area contributed by atoms with Gasteiger partial charge < -0.3 is 24.8 Å². The fraction of sp³-hybridized carbons (Fsp3) is 0.280. The summed E-state index contributed by atoms with van der Waals surface area (Å²) in [7, 11) is 0. The van der Waals surface area contributed by atoms with Gasteiger partial charge in [-0.3, -0.25) is 0 Å². The fourth-order valence-corrected chi connectivity index (χ4v) is 39.8. The van der Waals surface area contributed by atoms with Gasteiger partial charge in [0.1, 0.15) is 0 Å². The number of fused-ring (bicyclic) bond motifs is 4. The van der Waals surface area contributed by atoms with Crippen molar-refractivity contribution in [3.05, 3.63) is 155 Å². The number of rotatable bonds is 6. The summed E-state index contributed by atoms with van der Waals surface area (Å²) < 4.78 is 4.53. The first-order chi connectivity index (χ1) is 25.3. The molecule has 1 aliphatic heterocycles. The van der Waals surface area contributed by atoms with Crippen molar-refractivity contribution in [2.75, 3.05) is 0 Å². The Morgan fingerprint density at radius 2 is 0.774 bits per heavy atom. The van der Waals surface area contributed by atoms with Gasteiger partial charge in [0.2, 0.25) is 0 Å². The van der Waals surface area contributed by atoms with Crippen LogP contribution in [0.3, 0.4) is 0 Å². The summed E-state index contributed by atoms with van der Waals surface area (Å²) in [6.45, 7) is 0. The first-order valence-electron chi connectivity index (χ1n) is 19.9. The molecule has 53 heavy (non-hydrogen) atoms. The molecule has 11 rings (SSSR count). The average molecular weight is 896 g/mol. The van der Waals surface area contributed by atoms with Gasteiger partial charge in [-0.1, -0.05) is 0 Å². The zero-order valence-corrected chi connectivity index (χ0v) is 35.4. The minimum Gasteiger partial charge on any atom is -1.00 e. The standard InChI is InChI=1S/2C24H21.C2H4.2ClH.Hf/c2*1-2-8-17(7-1)20-15-19-11-6-14-23(24(19)16-20)22-13-5-10-18-9-3-4-12-21(18)22;1-2;;;/h2*3-6,9-17H,1-2,7-8H2;1-2H2;2*1H;/q;;;;;+2/p-2. The van der Waals surface area contributed by atoms with Crippen LogP contribution in [0.5, 0.6) is 0 Å². The second-order valence-corrected chi connectivity index (χ2v) is 33.1. The molecule has 264 valence electrons. The summed E-state index contributed by atoms with van der Waals surface area (Å²) in [5.74, 6) is 1.53. The third-order valence-corrected chi connectivity index (χ3v) is 32.8. The van der Waals surface area contributed by atoms with Gasteiger partial charge in [0.25, 0.3) is 0 Å². The maximum atomic E-state index is 2.79. The Bertz CT molecular complexity index is 2240. The van der Waals surface area contributed by atoms with Crippen molar-refractivity contribution in [2.24, 2.45) is 11.8 Å². The predicted molar refractivity (Wildman–Crippen MR) is 214 cm³/mol. The average Bonchev–Trinajstić information content (AvgIpc) is 3.72. The molecule has 1 heterocycles. The van der Waals surface area contributed by atoms with Crippen LogP contribution in [0.15, 0.2) is 132 Å². The van der Waals surface area contributed by atoms with Crippen LogP contribution in [0.1, 0.15) is 81.0 Å². The van der Waals surface area contributed by atoms with Crippen LogP contribution >= 0.6 is 0 Å². The minimum atomic E-state index is -3.09. The summed E-state index contributed by atoms with van der Waals surface area (Å²) in [4.78, 5) is 0. The van der Waals surface area contributed by atoms with Crippen molar-refractivity contribution < 1.29 is 44.8 Å². The maximum absolute atomic E-state index is 3.09. The topological polar surface area (TPSA) is 0 Å². The maximum Gasteiger partial charge on any atom is -1.00 e. The molecule has 6 aromatic rings. The Labute approximate surface area is 331 Å². The van der Waals surface area contributed by atoms with Crippen molar-refractivity contribution in [3.63, 3.8) is 0 Å². The molecule has 5 aliphatic rings. The fourth-order valence-electron chi connectivity index (χ4n) is 11.6. The molecule has 4 aliphatic carbocycles. The molecule has 0 bridgehead atoms. The van der Waals surface area contributed by atoms with Gasteiger partial charge >= 0.3 is 310 Å². The molecule has 0 aromatic heterocycles. The number of benzene rings is 6. The zero-order chi connectivity index (χ0) is 33.5. The van der Waals surface area contributed by atoms with Gasteiger partial charge in [-0.15, -0.1) is 0 Å². The zero-order valence-electron chi connectivity index (χ0n) is 30.3. The summed E-state index contributed by atoms with van der Waals surface area (Å²) in [5.41, 5.74) is 16.1. The molecule has 6 aromatic carbocycles. The molecule has 0 spiro atoms. The monoisotopic (exact) mass is 896 g/mol. The number of allylic oxidation sites excluding steroid dienone is 2. The predicted octanol–water partition coefficient (Wildman–Crippen LogP) is 8.30. The Kier molecular flexibility index (Phi) is 9.45. The summed E-state index contributed by atoms with van der Waals surface area (Å²) in [6, 6.07) is 46.8. The molecular formula is C50H46Cl2Hf. The van der Waals surface area contributed by atoms with Crippen LogP contribution < -0.4 is 24.8 Å². The molecule has 2 unspecified atom stereocenters. The second kappa shape index (κ2) is 14.1. The van der Waals surface area contributed by atoms with E-state index in [1.807, 2.05) is 11.1 Å². The molecule has 0 amide bonds. The van der Waals surface area contributed by atoms with E-state index in [1.54, 1.807) is 30.6 Å². The smallest absolute Gasteiger partial charge is 1.00 e. The van der Waals surface area contributed by atoms with Crippen LogP contribution in [-0.2, 0) is 20.0 Å². The molecule has 0 N–H and O–H groups in total. The van der Waals surface area contributed by atoms with Crippen LogP contribution in [0.25, 0.3) is 56.0 Å². The third-order valence-electron chi connectivity index (χ3n) is 14.0. The Hall–Kier alpha value is -3.23. The molecule has 2 atom stereocenters. The molecule has 1 saturated heterocycles. The van der Waals surface area contributed by atoms with E-state index in [1.165, 1.54) is 95.2 Å². The van der Waals surface area contributed by atoms with E-state index in [0.29, 0.717) is 7.35 Å². The molecule has 2 saturated carbocycles. The van der Waals surface area contributed by atoms with E-state index in [0.717, 1.165) is 11.8 Å². The summed E-state index contributed by atoms with van der Waals surface area (Å²) >= 11 is -3.09. The quantitative estimate of drug-likeness (QED) is 0.148. The number of halogens is 2. The van der Waals surface area contributed by atoms with E-state index in [4.69, 9.17) is 0 Å². The van der Waals surface area contributed by atoms with Crippen molar-refractivity contribution >= 4 is 33.7 Å². The van der Waals surface area contributed by atoms with Gasteiger partial charge in [-0.05, 0) is 0 Å². The van der Waals surface area contributed by atoms with Gasteiger partial charge in [-0.2, -0.15) is 0 Å². The largest absolute Gasteiger partial charge is 1.00 e. The van der Waals surface area contributed by atoms with E-state index in [-0.39, 0.29) is 24.8 Å². The van der Waals surface area contributed by atoms with Crippen LogP contribution in [0.2, 0.25) is 8.35 Å². The number of hydrogen-bond donors (Lipinski definition) is 0. The summed E-state index contributed by atoms with van der Waals surface area (Å²) in [5, 5.41) is 5.46. The normalized spacial score (nSPS) is 20.9. The van der Waals surface area contributed by atoms with Crippen molar-refractivity contribution in [2.45, 2.75) is 67.1 Å². The third kappa shape index (κ3) is 5.62. The molecule has 0 radical (unpaired) electrons. The Morgan fingerprint density at radius 3 is 1.21 bits per heavy atom. The van der Waals surface area contributed by atoms with Gasteiger partial charge in [0.15, 0.2) is 0 Å². The van der Waals surface area contributed by atoms with E-state index in [9.17, 15) is 0 Å². The number of hydrogen-bond acceptors (Lipinski definition) is 0. The van der Waals surface area contributed by atoms with Gasteiger partial charge in [0, 0.05) is 0 Å². The Morgan fingerprint density at radius 1 is 0.396 bits per heavy atom. The first kappa shape index (κ1) is 35.5. The molecule has 0 nitrogen and oxygen atoms in total. The van der Waals surface area contributed by atoms with E-state index in [2.05, 4.69) is 133 Å². The van der Waals surface area contributed by atoms with Crippen LogP contribution in [0, 0.1) is 11.8 Å². The van der Waals surface area contributed by atoms with Crippen LogP contribution in [-0.4, -0.2) is 0 Å². The van der Waals surface area contributed by atoms with Crippen molar-refractivity contribution in [3.8, 4) is 22.3 Å². The van der Waals surface area contributed by atoms with E-state index < -0.39 is 20.0 Å². The minimum absolute atomic E-state index is 0. The molecule has 3 heteroatoms. The van der Waals surface area contributed by atoms with Crippen molar-refractivity contribution in [1.82, 2.24) is 0 Å². The van der Waals surface area contributed by atoms with E-state index >= 15 is 0 Å². The molecule has 3 fully saturated rings. The summed E-state index contributed by atoms with van der Waals surface area (Å²) in [6.07, 6.45) is 16.7. The van der Waals surface area contributed by atoms with Gasteiger partial charge in [-0.25, -0.2) is 0 Å².